The second kappa shape index (κ2) is 12.0. The third-order valence-electron chi connectivity index (χ3n) is 4.59. The van der Waals surface area contributed by atoms with E-state index in [9.17, 15) is 0 Å². The summed E-state index contributed by atoms with van der Waals surface area (Å²) in [4.78, 5) is 4.66. The first kappa shape index (κ1) is 21.0. The Morgan fingerprint density at radius 3 is 2.69 bits per heavy atom. The van der Waals surface area contributed by atoms with Crippen LogP contribution < -0.4 is 20.1 Å². The van der Waals surface area contributed by atoms with Gasteiger partial charge in [-0.1, -0.05) is 36.4 Å². The van der Waals surface area contributed by atoms with Gasteiger partial charge in [0.25, 0.3) is 0 Å². The van der Waals surface area contributed by atoms with Gasteiger partial charge in [0.1, 0.15) is 0 Å². The Hall–Kier alpha value is -2.73. The van der Waals surface area contributed by atoms with Crippen LogP contribution in [-0.2, 0) is 17.7 Å². The molecule has 0 aliphatic carbocycles. The van der Waals surface area contributed by atoms with Crippen LogP contribution in [0.3, 0.4) is 0 Å². The fourth-order valence-corrected chi connectivity index (χ4v) is 3.02. The van der Waals surface area contributed by atoms with Crippen molar-refractivity contribution in [2.75, 3.05) is 33.1 Å². The van der Waals surface area contributed by atoms with E-state index in [1.54, 1.807) is 0 Å². The lowest BCUT2D eigenvalue weighted by Crippen LogP contribution is -2.37. The van der Waals surface area contributed by atoms with Gasteiger partial charge in [-0.3, -0.25) is 0 Å². The van der Waals surface area contributed by atoms with Crippen LogP contribution in [0.15, 0.2) is 53.5 Å². The van der Waals surface area contributed by atoms with Gasteiger partial charge in [-0.15, -0.1) is 0 Å². The van der Waals surface area contributed by atoms with Crippen molar-refractivity contribution >= 4 is 5.96 Å². The summed E-state index contributed by atoms with van der Waals surface area (Å²) in [5, 5.41) is 6.67. The first-order valence-electron chi connectivity index (χ1n) is 10.4. The molecule has 29 heavy (non-hydrogen) atoms. The van der Waals surface area contributed by atoms with Crippen LogP contribution in [0.25, 0.3) is 0 Å². The number of hydrogen-bond donors (Lipinski definition) is 2. The summed E-state index contributed by atoms with van der Waals surface area (Å²) < 4.78 is 16.5. The van der Waals surface area contributed by atoms with Gasteiger partial charge in [-0.25, -0.2) is 4.99 Å². The molecule has 1 aliphatic rings. The van der Waals surface area contributed by atoms with Crippen molar-refractivity contribution in [1.29, 1.82) is 0 Å². The number of ether oxygens (including phenoxy) is 3. The molecule has 0 unspecified atom stereocenters. The quantitative estimate of drug-likeness (QED) is 0.345. The molecule has 3 rings (SSSR count). The van der Waals surface area contributed by atoms with E-state index in [1.165, 1.54) is 5.56 Å². The third kappa shape index (κ3) is 7.31. The molecule has 156 valence electrons. The highest BCUT2D eigenvalue weighted by molar-refractivity contribution is 5.79. The van der Waals surface area contributed by atoms with Crippen LogP contribution in [0.1, 0.15) is 30.9 Å². The maximum Gasteiger partial charge on any atom is 0.231 e. The number of unbranched alkanes of at least 4 members (excludes halogenated alkanes) is 1. The Bertz CT molecular complexity index is 765. The predicted molar refractivity (Wildman–Crippen MR) is 116 cm³/mol. The number of benzene rings is 2. The lowest BCUT2D eigenvalue weighted by molar-refractivity contribution is 0.133. The van der Waals surface area contributed by atoms with E-state index in [2.05, 4.69) is 46.8 Å². The van der Waals surface area contributed by atoms with Gasteiger partial charge in [0.05, 0.1) is 13.2 Å². The molecule has 0 saturated heterocycles. The number of nitrogens with zero attached hydrogens (tertiary/aromatic N) is 1. The van der Waals surface area contributed by atoms with Crippen molar-refractivity contribution in [2.45, 2.75) is 32.7 Å². The molecule has 0 aromatic heterocycles. The smallest absolute Gasteiger partial charge is 0.231 e. The Morgan fingerprint density at radius 1 is 0.966 bits per heavy atom. The summed E-state index contributed by atoms with van der Waals surface area (Å²) in [6.07, 6.45) is 3.04. The van der Waals surface area contributed by atoms with Gasteiger partial charge in [0.2, 0.25) is 6.79 Å². The average molecular weight is 398 g/mol. The van der Waals surface area contributed by atoms with Crippen molar-refractivity contribution < 1.29 is 14.2 Å². The first-order chi connectivity index (χ1) is 14.3. The van der Waals surface area contributed by atoms with E-state index >= 15 is 0 Å². The zero-order valence-electron chi connectivity index (χ0n) is 17.2. The van der Waals surface area contributed by atoms with Crippen molar-refractivity contribution in [3.05, 3.63) is 59.7 Å². The molecular formula is C23H31N3O3. The Labute approximate surface area is 173 Å². The number of aliphatic imine (C=N–C) groups is 1. The lowest BCUT2D eigenvalue weighted by Gasteiger charge is -2.11. The second-order valence-corrected chi connectivity index (χ2v) is 6.86. The Kier molecular flexibility index (Phi) is 8.66. The fourth-order valence-electron chi connectivity index (χ4n) is 3.02. The highest BCUT2D eigenvalue weighted by Gasteiger charge is 2.12. The minimum absolute atomic E-state index is 0.294. The molecular weight excluding hydrogens is 366 g/mol. The molecule has 2 N–H and O–H groups in total. The zero-order valence-corrected chi connectivity index (χ0v) is 17.2. The molecule has 0 spiro atoms. The highest BCUT2D eigenvalue weighted by atomic mass is 16.7. The SMILES string of the molecule is CCNC(=NCc1ccc2c(c1)OCO2)NCCCCOCCc1ccccc1. The van der Waals surface area contributed by atoms with Crippen molar-refractivity contribution in [3.8, 4) is 11.5 Å². The number of nitrogens with one attached hydrogen (secondary N) is 2. The summed E-state index contributed by atoms with van der Waals surface area (Å²) in [7, 11) is 0. The molecule has 1 aliphatic heterocycles. The number of fused-ring (bicyclic) bond motifs is 1. The molecule has 1 heterocycles. The molecule has 0 saturated carbocycles. The monoisotopic (exact) mass is 397 g/mol. The van der Waals surface area contributed by atoms with E-state index < -0.39 is 0 Å². The van der Waals surface area contributed by atoms with E-state index in [4.69, 9.17) is 14.2 Å². The molecule has 6 nitrogen and oxygen atoms in total. The number of rotatable bonds is 11. The zero-order chi connectivity index (χ0) is 20.2. The van der Waals surface area contributed by atoms with Crippen LogP contribution in [0.4, 0.5) is 0 Å². The minimum atomic E-state index is 0.294. The Balaban J connectivity index is 1.30. The standard InChI is InChI=1S/C23H31N3O3/c1-2-24-23(26-17-20-10-11-21-22(16-20)29-18-28-21)25-13-6-7-14-27-15-12-19-8-4-3-5-9-19/h3-5,8-11,16H,2,6-7,12-15,17-18H2,1H3,(H2,24,25,26). The highest BCUT2D eigenvalue weighted by Crippen LogP contribution is 2.32. The normalized spacial score (nSPS) is 12.8. The molecule has 0 amide bonds. The van der Waals surface area contributed by atoms with Gasteiger partial charge >= 0.3 is 0 Å². The Morgan fingerprint density at radius 2 is 1.83 bits per heavy atom. The van der Waals surface area contributed by atoms with E-state index in [0.29, 0.717) is 13.3 Å². The van der Waals surface area contributed by atoms with Crippen LogP contribution in [0.2, 0.25) is 0 Å². The summed E-state index contributed by atoms with van der Waals surface area (Å²) in [5.74, 6) is 2.42. The number of guanidine groups is 1. The van der Waals surface area contributed by atoms with Gasteiger partial charge < -0.3 is 24.8 Å². The van der Waals surface area contributed by atoms with E-state index in [0.717, 1.165) is 68.6 Å². The first-order valence-corrected chi connectivity index (χ1v) is 10.4. The molecule has 2 aromatic rings. The molecule has 2 aromatic carbocycles. The number of hydrogen-bond acceptors (Lipinski definition) is 4. The average Bonchev–Trinajstić information content (AvgIpc) is 3.22. The lowest BCUT2D eigenvalue weighted by atomic mass is 10.2. The topological polar surface area (TPSA) is 64.1 Å². The van der Waals surface area contributed by atoms with Crippen molar-refractivity contribution in [1.82, 2.24) is 10.6 Å². The predicted octanol–water partition coefficient (Wildman–Crippen LogP) is 3.51. The van der Waals surface area contributed by atoms with Crippen LogP contribution in [0.5, 0.6) is 11.5 Å². The fraction of sp³-hybridized carbons (Fsp3) is 0.435. The molecule has 6 heteroatoms. The molecule has 0 radical (unpaired) electrons. The molecule has 0 fully saturated rings. The van der Waals surface area contributed by atoms with Crippen molar-refractivity contribution in [3.63, 3.8) is 0 Å². The summed E-state index contributed by atoms with van der Waals surface area (Å²) in [5.41, 5.74) is 2.42. The second-order valence-electron chi connectivity index (χ2n) is 6.86. The molecule has 0 bridgehead atoms. The van der Waals surface area contributed by atoms with E-state index in [1.807, 2.05) is 24.3 Å². The molecule has 0 atom stereocenters. The minimum Gasteiger partial charge on any atom is -0.454 e. The maximum absolute atomic E-state index is 5.74. The summed E-state index contributed by atoms with van der Waals surface area (Å²) >= 11 is 0. The van der Waals surface area contributed by atoms with Crippen molar-refractivity contribution in [2.24, 2.45) is 4.99 Å². The van der Waals surface area contributed by atoms with Gasteiger partial charge in [0.15, 0.2) is 17.5 Å². The third-order valence-corrected chi connectivity index (χ3v) is 4.59. The van der Waals surface area contributed by atoms with Gasteiger partial charge in [0, 0.05) is 19.7 Å². The van der Waals surface area contributed by atoms with Crippen LogP contribution >= 0.6 is 0 Å². The maximum atomic E-state index is 5.74. The summed E-state index contributed by atoms with van der Waals surface area (Å²) in [6, 6.07) is 16.4. The van der Waals surface area contributed by atoms with E-state index in [-0.39, 0.29) is 0 Å². The summed E-state index contributed by atoms with van der Waals surface area (Å²) in [6.45, 7) is 6.22. The van der Waals surface area contributed by atoms with Crippen LogP contribution in [-0.4, -0.2) is 39.1 Å². The van der Waals surface area contributed by atoms with Gasteiger partial charge in [-0.2, -0.15) is 0 Å². The van der Waals surface area contributed by atoms with Crippen LogP contribution in [0, 0.1) is 0 Å². The van der Waals surface area contributed by atoms with Gasteiger partial charge in [-0.05, 0) is 49.4 Å². The largest absolute Gasteiger partial charge is 0.454 e.